The number of benzene rings is 3. The van der Waals surface area contributed by atoms with E-state index in [1.807, 2.05) is 50.2 Å². The minimum atomic E-state index is -0.266. The van der Waals surface area contributed by atoms with Gasteiger partial charge in [0.05, 0.1) is 12.6 Å². The topological polar surface area (TPSA) is 45.2 Å². The maximum atomic E-state index is 13.1. The van der Waals surface area contributed by atoms with Gasteiger partial charge in [-0.15, -0.1) is 0 Å². The van der Waals surface area contributed by atoms with Crippen molar-refractivity contribution in [2.75, 3.05) is 0 Å². The van der Waals surface area contributed by atoms with Crippen LogP contribution in [0.4, 0.5) is 0 Å². The average molecular weight is 360 g/mol. The fraction of sp³-hybridized carbons (Fsp3) is 0.0800. The molecule has 3 heteroatoms. The lowest BCUT2D eigenvalue weighted by Gasteiger charge is -2.23. The summed E-state index contributed by atoms with van der Waals surface area (Å²) < 4.78 is 0. The molecular formula is C25H16N2O. The number of nitriles is 1. The monoisotopic (exact) mass is 360 g/mol. The number of carbonyl (C=O) groups excluding carboxylic acids is 1. The molecule has 1 aliphatic rings. The number of hydrogen-bond acceptors (Lipinski definition) is 2. The average Bonchev–Trinajstić information content (AvgIpc) is 2.71. The maximum absolute atomic E-state index is 13.1. The summed E-state index contributed by atoms with van der Waals surface area (Å²) in [6, 6.07) is 21.7. The molecule has 0 heterocycles. The molecule has 0 saturated carbocycles. The Hall–Kier alpha value is -3.95. The van der Waals surface area contributed by atoms with Gasteiger partial charge in [0.1, 0.15) is 0 Å². The van der Waals surface area contributed by atoms with E-state index in [0.29, 0.717) is 11.1 Å². The summed E-state index contributed by atoms with van der Waals surface area (Å²) in [6.45, 7) is 11.4. The predicted molar refractivity (Wildman–Crippen MR) is 110 cm³/mol. The highest BCUT2D eigenvalue weighted by Gasteiger charge is 2.30. The van der Waals surface area contributed by atoms with E-state index in [-0.39, 0.29) is 17.1 Å². The molecule has 1 aliphatic carbocycles. The van der Waals surface area contributed by atoms with Gasteiger partial charge < -0.3 is 0 Å². The molecule has 3 aromatic rings. The highest BCUT2D eigenvalue weighted by Crippen LogP contribution is 2.42. The number of rotatable bonds is 1. The second-order valence-corrected chi connectivity index (χ2v) is 6.95. The van der Waals surface area contributed by atoms with Gasteiger partial charge in [-0.2, -0.15) is 0 Å². The van der Waals surface area contributed by atoms with E-state index in [0.717, 1.165) is 27.8 Å². The summed E-state index contributed by atoms with van der Waals surface area (Å²) in [4.78, 5) is 16.4. The second-order valence-electron chi connectivity index (χ2n) is 6.95. The number of ketones is 1. The standard InChI is InChI=1S/C25H16N2O/c1-15-4-7-17(8-5-15)18-9-11-19-22(13-18)21-12-16(2)6-10-20(21)25(28)24(19)23(14-26)27-3/h4-13H,1-2H3/b24-23-. The summed E-state index contributed by atoms with van der Waals surface area (Å²) in [6.07, 6.45) is 0. The molecule has 0 bridgehead atoms. The van der Waals surface area contributed by atoms with Crippen LogP contribution in [0, 0.1) is 31.8 Å². The van der Waals surface area contributed by atoms with Crippen molar-refractivity contribution in [1.82, 2.24) is 0 Å². The van der Waals surface area contributed by atoms with Crippen LogP contribution in [-0.4, -0.2) is 5.78 Å². The Bertz CT molecular complexity index is 1230. The first-order valence-electron chi connectivity index (χ1n) is 8.92. The highest BCUT2D eigenvalue weighted by atomic mass is 16.1. The minimum Gasteiger partial charge on any atom is -0.290 e. The molecule has 0 N–H and O–H groups in total. The molecule has 0 radical (unpaired) electrons. The lowest BCUT2D eigenvalue weighted by molar-refractivity contribution is 0.105. The number of fused-ring (bicyclic) bond motifs is 3. The van der Waals surface area contributed by atoms with E-state index in [4.69, 9.17) is 6.57 Å². The predicted octanol–water partition coefficient (Wildman–Crippen LogP) is 5.99. The Balaban J connectivity index is 2.04. The number of aryl methyl sites for hydroxylation is 2. The van der Waals surface area contributed by atoms with Gasteiger partial charge in [0.15, 0.2) is 5.78 Å². The molecule has 0 aromatic heterocycles. The Morgan fingerprint density at radius 2 is 1.43 bits per heavy atom. The van der Waals surface area contributed by atoms with Gasteiger partial charge >= 0.3 is 0 Å². The maximum Gasteiger partial charge on any atom is 0.273 e. The zero-order valence-corrected chi connectivity index (χ0v) is 15.6. The van der Waals surface area contributed by atoms with Gasteiger partial charge in [0, 0.05) is 11.1 Å². The van der Waals surface area contributed by atoms with Crippen LogP contribution in [0.15, 0.2) is 66.4 Å². The van der Waals surface area contributed by atoms with Gasteiger partial charge in [-0.3, -0.25) is 4.79 Å². The fourth-order valence-electron chi connectivity index (χ4n) is 3.62. The third-order valence-corrected chi connectivity index (χ3v) is 5.07. The normalized spacial score (nSPS) is 13.8. The first kappa shape index (κ1) is 17.5. The Kier molecular flexibility index (Phi) is 4.15. The zero-order chi connectivity index (χ0) is 19.8. The van der Waals surface area contributed by atoms with Gasteiger partial charge in [0.2, 0.25) is 0 Å². The van der Waals surface area contributed by atoms with Crippen LogP contribution in [0.1, 0.15) is 27.0 Å². The van der Waals surface area contributed by atoms with Gasteiger partial charge in [-0.1, -0.05) is 65.7 Å². The number of Topliss-reactive ketones (excluding diaryl/α,β-unsaturated/α-hetero) is 1. The van der Waals surface area contributed by atoms with Crippen LogP contribution in [0.25, 0.3) is 32.7 Å². The molecule has 0 atom stereocenters. The molecule has 3 nitrogen and oxygen atoms in total. The molecule has 0 amide bonds. The van der Waals surface area contributed by atoms with Gasteiger partial charge in [-0.25, -0.2) is 10.1 Å². The lowest BCUT2D eigenvalue weighted by Crippen LogP contribution is -2.13. The van der Waals surface area contributed by atoms with Crippen LogP contribution in [0.3, 0.4) is 0 Å². The van der Waals surface area contributed by atoms with E-state index >= 15 is 0 Å². The van der Waals surface area contributed by atoms with E-state index in [1.165, 1.54) is 5.56 Å². The van der Waals surface area contributed by atoms with Crippen LogP contribution in [0.5, 0.6) is 0 Å². The van der Waals surface area contributed by atoms with Crippen LogP contribution in [-0.2, 0) is 0 Å². The number of allylic oxidation sites excluding steroid dienone is 2. The van der Waals surface area contributed by atoms with Gasteiger partial charge in [0.25, 0.3) is 5.70 Å². The van der Waals surface area contributed by atoms with Crippen molar-refractivity contribution in [3.63, 3.8) is 0 Å². The molecule has 3 aromatic carbocycles. The van der Waals surface area contributed by atoms with Crippen molar-refractivity contribution >= 4 is 11.4 Å². The summed E-state index contributed by atoms with van der Waals surface area (Å²) in [7, 11) is 0. The molecule has 4 rings (SSSR count). The summed E-state index contributed by atoms with van der Waals surface area (Å²) in [5.41, 5.74) is 7.28. The molecule has 28 heavy (non-hydrogen) atoms. The van der Waals surface area contributed by atoms with E-state index < -0.39 is 0 Å². The molecule has 0 fully saturated rings. The summed E-state index contributed by atoms with van der Waals surface area (Å²) in [5, 5.41) is 9.40. The SMILES string of the molecule is [C-]#[N+]/C(C#N)=C1\C(=O)c2ccc(C)cc2-c2cc(-c3ccc(C)cc3)ccc21. The second kappa shape index (κ2) is 6.65. The first-order chi connectivity index (χ1) is 13.5. The lowest BCUT2D eigenvalue weighted by atomic mass is 9.79. The third-order valence-electron chi connectivity index (χ3n) is 5.07. The first-order valence-corrected chi connectivity index (χ1v) is 8.92. The van der Waals surface area contributed by atoms with Gasteiger partial charge in [-0.05, 0) is 47.7 Å². The Morgan fingerprint density at radius 1 is 0.821 bits per heavy atom. The smallest absolute Gasteiger partial charge is 0.273 e. The summed E-state index contributed by atoms with van der Waals surface area (Å²) in [5.74, 6) is -0.266. The van der Waals surface area contributed by atoms with E-state index in [1.54, 1.807) is 6.07 Å². The Morgan fingerprint density at radius 3 is 2.11 bits per heavy atom. The van der Waals surface area contributed by atoms with Crippen molar-refractivity contribution < 1.29 is 4.79 Å². The van der Waals surface area contributed by atoms with Crippen molar-refractivity contribution in [1.29, 1.82) is 5.26 Å². The number of carbonyl (C=O) groups is 1. The van der Waals surface area contributed by atoms with Crippen molar-refractivity contribution in [2.24, 2.45) is 0 Å². The largest absolute Gasteiger partial charge is 0.290 e. The molecule has 0 spiro atoms. The van der Waals surface area contributed by atoms with Crippen molar-refractivity contribution in [3.8, 4) is 28.3 Å². The van der Waals surface area contributed by atoms with Crippen molar-refractivity contribution in [3.05, 3.63) is 100 Å². The van der Waals surface area contributed by atoms with Crippen LogP contribution >= 0.6 is 0 Å². The molecule has 0 aliphatic heterocycles. The van der Waals surface area contributed by atoms with E-state index in [9.17, 15) is 10.1 Å². The fourth-order valence-corrected chi connectivity index (χ4v) is 3.62. The molecule has 0 unspecified atom stereocenters. The number of nitrogens with zero attached hydrogens (tertiary/aromatic N) is 2. The quantitative estimate of drug-likeness (QED) is 0.304. The van der Waals surface area contributed by atoms with E-state index in [2.05, 4.69) is 29.1 Å². The molecular weight excluding hydrogens is 344 g/mol. The summed E-state index contributed by atoms with van der Waals surface area (Å²) >= 11 is 0. The Labute approximate surface area is 164 Å². The highest BCUT2D eigenvalue weighted by molar-refractivity contribution is 6.35. The minimum absolute atomic E-state index is 0.166. The van der Waals surface area contributed by atoms with Crippen LogP contribution < -0.4 is 0 Å². The van der Waals surface area contributed by atoms with Crippen molar-refractivity contribution in [2.45, 2.75) is 13.8 Å². The molecule has 0 saturated heterocycles. The van der Waals surface area contributed by atoms with Crippen LogP contribution in [0.2, 0.25) is 0 Å². The third kappa shape index (κ3) is 2.71. The molecule has 132 valence electrons. The zero-order valence-electron chi connectivity index (χ0n) is 15.6. The number of hydrogen-bond donors (Lipinski definition) is 0.